The molecule has 17 heavy (non-hydrogen) atoms. The molecule has 0 bridgehead atoms. The lowest BCUT2D eigenvalue weighted by Crippen LogP contribution is -2.27. The average molecular weight is 248 g/mol. The second kappa shape index (κ2) is 11.7. The zero-order valence-corrected chi connectivity index (χ0v) is 9.79. The van der Waals surface area contributed by atoms with Gasteiger partial charge in [0.05, 0.1) is 39.1 Å². The third-order valence-electron chi connectivity index (χ3n) is 2.18. The Hall–Kier alpha value is -0.820. The molecule has 0 saturated carbocycles. The van der Waals surface area contributed by atoms with E-state index in [4.69, 9.17) is 14.6 Å². The smallest absolute Gasteiger partial charge is 0.125 e. The van der Waals surface area contributed by atoms with E-state index >= 15 is 0 Å². The van der Waals surface area contributed by atoms with Gasteiger partial charge in [-0.05, 0) is 6.42 Å². The lowest BCUT2D eigenvalue weighted by molar-refractivity contribution is -0.117. The Bertz CT molecular complexity index is 196. The molecule has 2 N–H and O–H groups in total. The van der Waals surface area contributed by atoms with Crippen LogP contribution in [0.1, 0.15) is 12.8 Å². The molecule has 0 radical (unpaired) electrons. The third kappa shape index (κ3) is 8.93. The SMILES string of the molecule is O=CCCC(C=O)C(O)COCCOCCO. The molecular weight excluding hydrogens is 228 g/mol. The number of hydrogen-bond donors (Lipinski definition) is 2. The number of carbonyl (C=O) groups excluding carboxylic acids is 2. The monoisotopic (exact) mass is 248 g/mol. The number of rotatable bonds is 12. The fourth-order valence-electron chi connectivity index (χ4n) is 1.22. The van der Waals surface area contributed by atoms with Crippen LogP contribution in [-0.2, 0) is 19.1 Å². The fraction of sp³-hybridized carbons (Fsp3) is 0.818. The maximum Gasteiger partial charge on any atom is 0.125 e. The van der Waals surface area contributed by atoms with Gasteiger partial charge in [-0.1, -0.05) is 0 Å². The maximum atomic E-state index is 10.6. The van der Waals surface area contributed by atoms with Crippen LogP contribution in [0.4, 0.5) is 0 Å². The van der Waals surface area contributed by atoms with Gasteiger partial charge in [0.1, 0.15) is 12.6 Å². The second-order valence-electron chi connectivity index (χ2n) is 3.52. The number of aldehydes is 2. The Balaban J connectivity index is 3.56. The van der Waals surface area contributed by atoms with E-state index in [-0.39, 0.29) is 32.8 Å². The Labute approximate surface area is 101 Å². The molecule has 0 aromatic rings. The first-order chi connectivity index (χ1) is 8.26. The summed E-state index contributed by atoms with van der Waals surface area (Å²) in [5, 5.41) is 18.0. The molecule has 0 amide bonds. The van der Waals surface area contributed by atoms with Crippen LogP contribution in [0.15, 0.2) is 0 Å². The molecule has 0 saturated heterocycles. The molecule has 0 fully saturated rings. The van der Waals surface area contributed by atoms with E-state index in [2.05, 4.69) is 0 Å². The van der Waals surface area contributed by atoms with Gasteiger partial charge < -0.3 is 29.3 Å². The van der Waals surface area contributed by atoms with Crippen molar-refractivity contribution in [1.29, 1.82) is 0 Å². The van der Waals surface area contributed by atoms with Gasteiger partial charge in [0.15, 0.2) is 0 Å². The number of carbonyl (C=O) groups is 2. The Morgan fingerprint density at radius 3 is 2.41 bits per heavy atom. The van der Waals surface area contributed by atoms with Gasteiger partial charge in [0.2, 0.25) is 0 Å². The minimum atomic E-state index is -0.898. The predicted molar refractivity (Wildman–Crippen MR) is 59.6 cm³/mol. The zero-order valence-electron chi connectivity index (χ0n) is 9.79. The first kappa shape index (κ1) is 16.2. The van der Waals surface area contributed by atoms with Crippen molar-refractivity contribution in [2.45, 2.75) is 18.9 Å². The molecule has 2 unspecified atom stereocenters. The lowest BCUT2D eigenvalue weighted by atomic mass is 9.99. The number of ether oxygens (including phenoxy) is 2. The minimum Gasteiger partial charge on any atom is -0.394 e. The molecule has 0 spiro atoms. The first-order valence-corrected chi connectivity index (χ1v) is 5.59. The highest BCUT2D eigenvalue weighted by Crippen LogP contribution is 2.08. The van der Waals surface area contributed by atoms with Crippen molar-refractivity contribution in [2.75, 3.05) is 33.0 Å². The van der Waals surface area contributed by atoms with E-state index in [1.165, 1.54) is 0 Å². The zero-order chi connectivity index (χ0) is 12.9. The highest BCUT2D eigenvalue weighted by molar-refractivity contribution is 5.56. The third-order valence-corrected chi connectivity index (χ3v) is 2.18. The summed E-state index contributed by atoms with van der Waals surface area (Å²) in [5.74, 6) is -0.571. The Kier molecular flexibility index (Phi) is 11.1. The summed E-state index contributed by atoms with van der Waals surface area (Å²) in [4.78, 5) is 20.8. The molecule has 100 valence electrons. The van der Waals surface area contributed by atoms with E-state index in [0.29, 0.717) is 25.6 Å². The van der Waals surface area contributed by atoms with Crippen molar-refractivity contribution in [3.05, 3.63) is 0 Å². The van der Waals surface area contributed by atoms with Crippen LogP contribution in [0.3, 0.4) is 0 Å². The van der Waals surface area contributed by atoms with E-state index in [0.717, 1.165) is 0 Å². The maximum absolute atomic E-state index is 10.6. The predicted octanol–water partition coefficient (Wildman–Crippen LogP) is -0.833. The van der Waals surface area contributed by atoms with Gasteiger partial charge >= 0.3 is 0 Å². The first-order valence-electron chi connectivity index (χ1n) is 5.59. The molecule has 0 aromatic heterocycles. The van der Waals surface area contributed by atoms with Crippen LogP contribution in [0.2, 0.25) is 0 Å². The van der Waals surface area contributed by atoms with Crippen LogP contribution in [0.5, 0.6) is 0 Å². The molecule has 0 heterocycles. The van der Waals surface area contributed by atoms with Crippen molar-refractivity contribution in [3.63, 3.8) is 0 Å². The minimum absolute atomic E-state index is 0.0325. The van der Waals surface area contributed by atoms with Gasteiger partial charge in [-0.25, -0.2) is 0 Å². The van der Waals surface area contributed by atoms with Gasteiger partial charge in [0.25, 0.3) is 0 Å². The fourth-order valence-corrected chi connectivity index (χ4v) is 1.22. The number of aliphatic hydroxyl groups excluding tert-OH is 2. The normalized spacial score (nSPS) is 14.2. The van der Waals surface area contributed by atoms with E-state index < -0.39 is 12.0 Å². The summed E-state index contributed by atoms with van der Waals surface area (Å²) in [5.41, 5.74) is 0. The van der Waals surface area contributed by atoms with Crippen LogP contribution >= 0.6 is 0 Å². The van der Waals surface area contributed by atoms with Gasteiger partial charge in [0, 0.05) is 12.3 Å². The highest BCUT2D eigenvalue weighted by atomic mass is 16.5. The van der Waals surface area contributed by atoms with Gasteiger partial charge in [-0.3, -0.25) is 0 Å². The second-order valence-corrected chi connectivity index (χ2v) is 3.52. The molecule has 0 aliphatic heterocycles. The Morgan fingerprint density at radius 1 is 1.12 bits per heavy atom. The van der Waals surface area contributed by atoms with E-state index in [1.807, 2.05) is 0 Å². The summed E-state index contributed by atoms with van der Waals surface area (Å²) in [6, 6.07) is 0. The topological polar surface area (TPSA) is 93.1 Å². The number of aliphatic hydroxyl groups is 2. The number of hydrogen-bond acceptors (Lipinski definition) is 6. The average Bonchev–Trinajstić information content (AvgIpc) is 2.34. The highest BCUT2D eigenvalue weighted by Gasteiger charge is 2.18. The summed E-state index contributed by atoms with van der Waals surface area (Å²) < 4.78 is 10.0. The summed E-state index contributed by atoms with van der Waals surface area (Å²) in [7, 11) is 0. The molecule has 0 aromatic carbocycles. The molecule has 6 heteroatoms. The lowest BCUT2D eigenvalue weighted by Gasteiger charge is -2.16. The van der Waals surface area contributed by atoms with Crippen molar-refractivity contribution < 1.29 is 29.3 Å². The standard InChI is InChI=1S/C11H20O6/c12-3-1-2-10(8-14)11(15)9-17-7-6-16-5-4-13/h3,8,10-11,13,15H,1-2,4-7,9H2. The van der Waals surface area contributed by atoms with Crippen LogP contribution in [0, 0.1) is 5.92 Å². The van der Waals surface area contributed by atoms with Gasteiger partial charge in [-0.2, -0.15) is 0 Å². The molecule has 0 rings (SSSR count). The van der Waals surface area contributed by atoms with Crippen molar-refractivity contribution in [3.8, 4) is 0 Å². The summed E-state index contributed by atoms with van der Waals surface area (Å²) in [6.07, 6.45) is 1.04. The van der Waals surface area contributed by atoms with Crippen LogP contribution < -0.4 is 0 Å². The Morgan fingerprint density at radius 2 is 1.82 bits per heavy atom. The van der Waals surface area contributed by atoms with Crippen LogP contribution in [-0.4, -0.2) is 61.9 Å². The quantitative estimate of drug-likeness (QED) is 0.346. The van der Waals surface area contributed by atoms with E-state index in [1.54, 1.807) is 0 Å². The van der Waals surface area contributed by atoms with Gasteiger partial charge in [-0.15, -0.1) is 0 Å². The summed E-state index contributed by atoms with van der Waals surface area (Å²) >= 11 is 0. The van der Waals surface area contributed by atoms with Crippen molar-refractivity contribution >= 4 is 12.6 Å². The molecule has 0 aliphatic carbocycles. The molecule has 2 atom stereocenters. The largest absolute Gasteiger partial charge is 0.394 e. The molecule has 0 aliphatic rings. The summed E-state index contributed by atoms with van der Waals surface area (Å²) in [6.45, 7) is 0.859. The van der Waals surface area contributed by atoms with Crippen LogP contribution in [0.25, 0.3) is 0 Å². The molecular formula is C11H20O6. The molecule has 6 nitrogen and oxygen atoms in total. The van der Waals surface area contributed by atoms with E-state index in [9.17, 15) is 14.7 Å². The van der Waals surface area contributed by atoms with Crippen molar-refractivity contribution in [1.82, 2.24) is 0 Å². The van der Waals surface area contributed by atoms with Crippen molar-refractivity contribution in [2.24, 2.45) is 5.92 Å².